The molecular weight excluding hydrogens is 260 g/mol. The molecule has 0 aliphatic carbocycles. The molecule has 0 aliphatic rings. The van der Waals surface area contributed by atoms with Gasteiger partial charge in [-0.2, -0.15) is 9.97 Å². The third-order valence-electron chi connectivity index (χ3n) is 2.45. The van der Waals surface area contributed by atoms with Crippen molar-refractivity contribution >= 4 is 29.0 Å². The molecule has 0 unspecified atom stereocenters. The highest BCUT2D eigenvalue weighted by atomic mass is 16.5. The number of nitroso groups, excluding NO2 is 1. The molecular formula is C12H14N6O2. The van der Waals surface area contributed by atoms with E-state index in [0.29, 0.717) is 12.3 Å². The van der Waals surface area contributed by atoms with E-state index < -0.39 is 0 Å². The van der Waals surface area contributed by atoms with Crippen molar-refractivity contribution in [2.75, 3.05) is 23.4 Å². The molecule has 0 saturated carbocycles. The minimum absolute atomic E-state index is 0.0386. The minimum Gasteiger partial charge on any atom is -0.494 e. The first-order chi connectivity index (χ1) is 9.63. The number of nitrogens with one attached hydrogen (secondary N) is 1. The maximum atomic E-state index is 10.8. The number of hydrogen-bond donors (Lipinski definition) is 3. The van der Waals surface area contributed by atoms with E-state index in [9.17, 15) is 4.91 Å². The van der Waals surface area contributed by atoms with Crippen molar-refractivity contribution < 1.29 is 4.74 Å². The summed E-state index contributed by atoms with van der Waals surface area (Å²) in [6.07, 6.45) is 0. The van der Waals surface area contributed by atoms with Gasteiger partial charge in [0.25, 0.3) is 0 Å². The van der Waals surface area contributed by atoms with E-state index in [1.54, 1.807) is 24.3 Å². The Morgan fingerprint density at radius 2 is 1.95 bits per heavy atom. The Balaban J connectivity index is 2.27. The minimum atomic E-state index is -0.0758. The first-order valence-corrected chi connectivity index (χ1v) is 5.90. The summed E-state index contributed by atoms with van der Waals surface area (Å²) in [6.45, 7) is 2.49. The van der Waals surface area contributed by atoms with Gasteiger partial charge in [0.2, 0.25) is 5.95 Å². The summed E-state index contributed by atoms with van der Waals surface area (Å²) in [4.78, 5) is 18.4. The lowest BCUT2D eigenvalue weighted by Crippen LogP contribution is -2.04. The number of nitrogens with zero attached hydrogens (tertiary/aromatic N) is 3. The summed E-state index contributed by atoms with van der Waals surface area (Å²) in [6, 6.07) is 7.11. The average molecular weight is 274 g/mol. The summed E-state index contributed by atoms with van der Waals surface area (Å²) >= 11 is 0. The van der Waals surface area contributed by atoms with Crippen LogP contribution in [-0.2, 0) is 0 Å². The Bertz CT molecular complexity index is 614. The van der Waals surface area contributed by atoms with Gasteiger partial charge in [0, 0.05) is 5.69 Å². The van der Waals surface area contributed by atoms with Crippen LogP contribution in [0.15, 0.2) is 29.4 Å². The van der Waals surface area contributed by atoms with Gasteiger partial charge in [-0.05, 0) is 36.4 Å². The van der Waals surface area contributed by atoms with E-state index in [4.69, 9.17) is 16.2 Å². The Morgan fingerprint density at radius 3 is 2.55 bits per heavy atom. The van der Waals surface area contributed by atoms with Crippen LogP contribution in [0.2, 0.25) is 0 Å². The lowest BCUT2D eigenvalue weighted by Gasteiger charge is -2.09. The van der Waals surface area contributed by atoms with E-state index in [1.807, 2.05) is 6.92 Å². The van der Waals surface area contributed by atoms with Crippen LogP contribution in [-0.4, -0.2) is 16.6 Å². The van der Waals surface area contributed by atoms with Gasteiger partial charge >= 0.3 is 0 Å². The van der Waals surface area contributed by atoms with Crippen LogP contribution in [0.1, 0.15) is 6.92 Å². The maximum absolute atomic E-state index is 10.8. The smallest absolute Gasteiger partial charge is 0.224 e. The zero-order valence-corrected chi connectivity index (χ0v) is 10.8. The van der Waals surface area contributed by atoms with Gasteiger partial charge in [-0.3, -0.25) is 0 Å². The lowest BCUT2D eigenvalue weighted by atomic mass is 10.3. The molecule has 5 N–H and O–H groups in total. The maximum Gasteiger partial charge on any atom is 0.224 e. The van der Waals surface area contributed by atoms with Crippen molar-refractivity contribution in [1.82, 2.24) is 9.97 Å². The van der Waals surface area contributed by atoms with Gasteiger partial charge in [0.15, 0.2) is 17.3 Å². The third kappa shape index (κ3) is 2.91. The topological polar surface area (TPSA) is 129 Å². The van der Waals surface area contributed by atoms with Crippen LogP contribution in [0.25, 0.3) is 0 Å². The van der Waals surface area contributed by atoms with Gasteiger partial charge < -0.3 is 21.5 Å². The number of benzene rings is 1. The molecule has 2 aromatic rings. The molecule has 0 amide bonds. The standard InChI is InChI=1S/C12H14N6O2/c1-2-20-8-5-3-7(4-6-8)15-11-9(18-19)10(13)16-12(14)17-11/h3-6H,2H2,1H3,(H5,13,14,15,16,17). The Labute approximate surface area is 115 Å². The van der Waals surface area contributed by atoms with Gasteiger partial charge in [-0.15, -0.1) is 4.91 Å². The molecule has 8 nitrogen and oxygen atoms in total. The second kappa shape index (κ2) is 5.83. The summed E-state index contributed by atoms with van der Waals surface area (Å²) in [5.74, 6) is 0.798. The Morgan fingerprint density at radius 1 is 1.25 bits per heavy atom. The van der Waals surface area contributed by atoms with E-state index in [0.717, 1.165) is 5.75 Å². The van der Waals surface area contributed by atoms with Gasteiger partial charge in [-0.25, -0.2) is 0 Å². The number of rotatable bonds is 5. The van der Waals surface area contributed by atoms with E-state index in [-0.39, 0.29) is 23.3 Å². The molecule has 0 fully saturated rings. The monoisotopic (exact) mass is 274 g/mol. The van der Waals surface area contributed by atoms with E-state index in [1.165, 1.54) is 0 Å². The number of hydrogen-bond acceptors (Lipinski definition) is 8. The van der Waals surface area contributed by atoms with E-state index in [2.05, 4.69) is 20.5 Å². The average Bonchev–Trinajstić information content (AvgIpc) is 2.41. The van der Waals surface area contributed by atoms with Crippen molar-refractivity contribution in [3.8, 4) is 5.75 Å². The highest BCUT2D eigenvalue weighted by molar-refractivity contribution is 5.77. The van der Waals surface area contributed by atoms with Crippen molar-refractivity contribution in [2.45, 2.75) is 6.92 Å². The molecule has 0 bridgehead atoms. The normalized spacial score (nSPS) is 10.1. The van der Waals surface area contributed by atoms with Crippen molar-refractivity contribution in [3.05, 3.63) is 29.2 Å². The molecule has 0 radical (unpaired) electrons. The molecule has 1 aromatic heterocycles. The zero-order valence-electron chi connectivity index (χ0n) is 10.8. The molecule has 0 atom stereocenters. The number of anilines is 4. The summed E-state index contributed by atoms with van der Waals surface area (Å²) in [5, 5.41) is 5.73. The van der Waals surface area contributed by atoms with Gasteiger partial charge in [0.05, 0.1) is 6.61 Å². The van der Waals surface area contributed by atoms with Crippen LogP contribution in [0, 0.1) is 4.91 Å². The number of nitrogen functional groups attached to an aromatic ring is 2. The number of nitrogens with two attached hydrogens (primary N) is 2. The first-order valence-electron chi connectivity index (χ1n) is 5.90. The molecule has 0 spiro atoms. The Kier molecular flexibility index (Phi) is 3.94. The summed E-state index contributed by atoms with van der Waals surface area (Å²) < 4.78 is 5.33. The van der Waals surface area contributed by atoms with Crippen LogP contribution in [0.5, 0.6) is 5.75 Å². The molecule has 20 heavy (non-hydrogen) atoms. The fourth-order valence-corrected chi connectivity index (χ4v) is 1.61. The number of ether oxygens (including phenoxy) is 1. The predicted molar refractivity (Wildman–Crippen MR) is 77.2 cm³/mol. The van der Waals surface area contributed by atoms with Crippen molar-refractivity contribution in [2.24, 2.45) is 5.18 Å². The highest BCUT2D eigenvalue weighted by Crippen LogP contribution is 2.31. The van der Waals surface area contributed by atoms with Gasteiger partial charge in [0.1, 0.15) is 5.75 Å². The van der Waals surface area contributed by atoms with Crippen molar-refractivity contribution in [3.63, 3.8) is 0 Å². The second-order valence-corrected chi connectivity index (χ2v) is 3.84. The zero-order chi connectivity index (χ0) is 14.5. The van der Waals surface area contributed by atoms with Crippen LogP contribution in [0.3, 0.4) is 0 Å². The predicted octanol–water partition coefficient (Wildman–Crippen LogP) is 2.18. The highest BCUT2D eigenvalue weighted by Gasteiger charge is 2.12. The lowest BCUT2D eigenvalue weighted by molar-refractivity contribution is 0.340. The van der Waals surface area contributed by atoms with Crippen LogP contribution >= 0.6 is 0 Å². The molecule has 1 heterocycles. The van der Waals surface area contributed by atoms with Crippen LogP contribution < -0.4 is 21.5 Å². The second-order valence-electron chi connectivity index (χ2n) is 3.84. The van der Waals surface area contributed by atoms with E-state index >= 15 is 0 Å². The Hall–Kier alpha value is -2.90. The SMILES string of the molecule is CCOc1ccc(Nc2nc(N)nc(N)c2N=O)cc1. The van der Waals surface area contributed by atoms with Crippen LogP contribution in [0.4, 0.5) is 29.0 Å². The molecule has 0 aliphatic heterocycles. The van der Waals surface area contributed by atoms with Crippen molar-refractivity contribution in [1.29, 1.82) is 0 Å². The molecule has 104 valence electrons. The molecule has 1 aromatic carbocycles. The third-order valence-corrected chi connectivity index (χ3v) is 2.45. The molecule has 0 saturated heterocycles. The quantitative estimate of drug-likeness (QED) is 0.712. The fraction of sp³-hybridized carbons (Fsp3) is 0.167. The molecule has 8 heteroatoms. The molecule has 2 rings (SSSR count). The first kappa shape index (κ1) is 13.5. The summed E-state index contributed by atoms with van der Waals surface area (Å²) in [7, 11) is 0. The van der Waals surface area contributed by atoms with Gasteiger partial charge in [-0.1, -0.05) is 0 Å². The number of aromatic nitrogens is 2. The largest absolute Gasteiger partial charge is 0.494 e. The summed E-state index contributed by atoms with van der Waals surface area (Å²) in [5.41, 5.74) is 11.7. The fourth-order valence-electron chi connectivity index (χ4n) is 1.61.